The molecule has 0 aromatic heterocycles. The average Bonchev–Trinajstić information content (AvgIpc) is 2.72. The van der Waals surface area contributed by atoms with Crippen LogP contribution in [0.4, 0.5) is 0 Å². The maximum Gasteiger partial charge on any atom is 0.0595 e. The number of nitrogens with two attached hydrogens (primary N) is 1. The molecule has 2 aliphatic rings. The minimum absolute atomic E-state index is 0.304. The first-order valence-corrected chi connectivity index (χ1v) is 6.71. The van der Waals surface area contributed by atoms with Gasteiger partial charge in [0.1, 0.15) is 0 Å². The standard InChI is InChI=1S/C13H26N2O/c1-11-4-3-7-13(11,10-14)15-8-5-12(16-2)6-9-15/h11-12H,3-10,14H2,1-2H3. The Morgan fingerprint density at radius 3 is 2.44 bits per heavy atom. The van der Waals surface area contributed by atoms with E-state index in [1.54, 1.807) is 0 Å². The molecule has 2 atom stereocenters. The van der Waals surface area contributed by atoms with Gasteiger partial charge >= 0.3 is 0 Å². The Labute approximate surface area is 99.3 Å². The van der Waals surface area contributed by atoms with E-state index in [1.807, 2.05) is 7.11 Å². The molecule has 2 N–H and O–H groups in total. The summed E-state index contributed by atoms with van der Waals surface area (Å²) in [6, 6.07) is 0. The van der Waals surface area contributed by atoms with E-state index in [4.69, 9.17) is 10.5 Å². The number of rotatable bonds is 3. The molecule has 0 spiro atoms. The molecule has 1 saturated heterocycles. The molecule has 2 fully saturated rings. The summed E-state index contributed by atoms with van der Waals surface area (Å²) < 4.78 is 5.44. The molecule has 2 unspecified atom stereocenters. The molecule has 16 heavy (non-hydrogen) atoms. The van der Waals surface area contributed by atoms with Crippen molar-refractivity contribution in [1.29, 1.82) is 0 Å². The van der Waals surface area contributed by atoms with Gasteiger partial charge in [-0.05, 0) is 31.6 Å². The Kier molecular flexibility index (Phi) is 3.88. The van der Waals surface area contributed by atoms with E-state index in [0.29, 0.717) is 11.6 Å². The predicted molar refractivity (Wildman–Crippen MR) is 66.4 cm³/mol. The zero-order valence-corrected chi connectivity index (χ0v) is 10.7. The van der Waals surface area contributed by atoms with Gasteiger partial charge in [0.2, 0.25) is 0 Å². The van der Waals surface area contributed by atoms with Gasteiger partial charge in [0.15, 0.2) is 0 Å². The summed E-state index contributed by atoms with van der Waals surface area (Å²) >= 11 is 0. The van der Waals surface area contributed by atoms with Gasteiger partial charge in [-0.15, -0.1) is 0 Å². The molecule has 3 heteroatoms. The van der Waals surface area contributed by atoms with Crippen molar-refractivity contribution in [2.75, 3.05) is 26.7 Å². The molecule has 0 radical (unpaired) electrons. The van der Waals surface area contributed by atoms with Crippen LogP contribution in [0.2, 0.25) is 0 Å². The van der Waals surface area contributed by atoms with Crippen molar-refractivity contribution in [3.8, 4) is 0 Å². The van der Waals surface area contributed by atoms with E-state index >= 15 is 0 Å². The van der Waals surface area contributed by atoms with Crippen LogP contribution in [-0.2, 0) is 4.74 Å². The molecule has 1 aliphatic heterocycles. The topological polar surface area (TPSA) is 38.5 Å². The summed E-state index contributed by atoms with van der Waals surface area (Å²) in [5, 5.41) is 0. The van der Waals surface area contributed by atoms with Gasteiger partial charge in [0, 0.05) is 32.3 Å². The number of ether oxygens (including phenoxy) is 1. The minimum atomic E-state index is 0.304. The first-order valence-electron chi connectivity index (χ1n) is 6.71. The molecule has 94 valence electrons. The summed E-state index contributed by atoms with van der Waals surface area (Å²) in [5.74, 6) is 0.761. The third-order valence-electron chi connectivity index (χ3n) is 4.92. The highest BCUT2D eigenvalue weighted by Gasteiger charge is 2.44. The molecule has 1 aliphatic carbocycles. The van der Waals surface area contributed by atoms with Gasteiger partial charge < -0.3 is 10.5 Å². The van der Waals surface area contributed by atoms with Gasteiger partial charge in [0.05, 0.1) is 6.10 Å². The fourth-order valence-electron chi connectivity index (χ4n) is 3.67. The predicted octanol–water partition coefficient (Wildman–Crippen LogP) is 1.61. The highest BCUT2D eigenvalue weighted by atomic mass is 16.5. The number of hydrogen-bond acceptors (Lipinski definition) is 3. The van der Waals surface area contributed by atoms with Crippen molar-refractivity contribution >= 4 is 0 Å². The van der Waals surface area contributed by atoms with Crippen LogP contribution in [0, 0.1) is 5.92 Å². The molecule has 1 heterocycles. The Balaban J connectivity index is 2.00. The first-order chi connectivity index (χ1) is 7.73. The second-order valence-corrected chi connectivity index (χ2v) is 5.52. The largest absolute Gasteiger partial charge is 0.381 e. The smallest absolute Gasteiger partial charge is 0.0595 e. The molecule has 2 rings (SSSR count). The zero-order chi connectivity index (χ0) is 11.6. The van der Waals surface area contributed by atoms with Crippen molar-refractivity contribution < 1.29 is 4.74 Å². The van der Waals surface area contributed by atoms with Crippen LogP contribution >= 0.6 is 0 Å². The summed E-state index contributed by atoms with van der Waals surface area (Å²) in [6.45, 7) is 5.54. The Hall–Kier alpha value is -0.120. The van der Waals surface area contributed by atoms with Crippen LogP contribution in [0.5, 0.6) is 0 Å². The second-order valence-electron chi connectivity index (χ2n) is 5.52. The second kappa shape index (κ2) is 5.03. The monoisotopic (exact) mass is 226 g/mol. The normalized spacial score (nSPS) is 38.1. The zero-order valence-electron chi connectivity index (χ0n) is 10.7. The number of nitrogens with zero attached hydrogens (tertiary/aromatic N) is 1. The number of hydrogen-bond donors (Lipinski definition) is 1. The lowest BCUT2D eigenvalue weighted by molar-refractivity contribution is -0.0138. The lowest BCUT2D eigenvalue weighted by Gasteiger charge is -2.47. The van der Waals surface area contributed by atoms with Crippen LogP contribution in [0.15, 0.2) is 0 Å². The van der Waals surface area contributed by atoms with Crippen molar-refractivity contribution in [3.05, 3.63) is 0 Å². The fourth-order valence-corrected chi connectivity index (χ4v) is 3.67. The SMILES string of the molecule is COC1CCN(C2(CN)CCCC2C)CC1. The molecule has 0 amide bonds. The maximum absolute atomic E-state index is 6.08. The quantitative estimate of drug-likeness (QED) is 0.794. The van der Waals surface area contributed by atoms with E-state index < -0.39 is 0 Å². The van der Waals surface area contributed by atoms with Gasteiger partial charge in [-0.3, -0.25) is 4.90 Å². The van der Waals surface area contributed by atoms with Crippen LogP contribution in [0.3, 0.4) is 0 Å². The summed E-state index contributed by atoms with van der Waals surface area (Å²) in [6.07, 6.45) is 6.81. The van der Waals surface area contributed by atoms with E-state index in [9.17, 15) is 0 Å². The number of piperidine rings is 1. The molecule has 0 aromatic carbocycles. The van der Waals surface area contributed by atoms with Crippen molar-refractivity contribution in [3.63, 3.8) is 0 Å². The molecule has 3 nitrogen and oxygen atoms in total. The highest BCUT2D eigenvalue weighted by molar-refractivity contribution is 5.01. The van der Waals surface area contributed by atoms with Crippen molar-refractivity contribution in [1.82, 2.24) is 4.90 Å². The van der Waals surface area contributed by atoms with Crippen LogP contribution < -0.4 is 5.73 Å². The van der Waals surface area contributed by atoms with Crippen LogP contribution in [-0.4, -0.2) is 43.3 Å². The van der Waals surface area contributed by atoms with E-state index in [0.717, 1.165) is 12.5 Å². The molecular weight excluding hydrogens is 200 g/mol. The Morgan fingerprint density at radius 1 is 1.31 bits per heavy atom. The van der Waals surface area contributed by atoms with Gasteiger partial charge in [-0.25, -0.2) is 0 Å². The minimum Gasteiger partial charge on any atom is -0.381 e. The van der Waals surface area contributed by atoms with Gasteiger partial charge in [-0.2, -0.15) is 0 Å². The molecule has 0 bridgehead atoms. The first kappa shape index (κ1) is 12.3. The average molecular weight is 226 g/mol. The van der Waals surface area contributed by atoms with Crippen molar-refractivity contribution in [2.45, 2.75) is 50.7 Å². The maximum atomic E-state index is 6.08. The highest BCUT2D eigenvalue weighted by Crippen LogP contribution is 2.40. The summed E-state index contributed by atoms with van der Waals surface area (Å²) in [7, 11) is 1.83. The lowest BCUT2D eigenvalue weighted by Crippen LogP contribution is -2.58. The molecular formula is C13H26N2O. The van der Waals surface area contributed by atoms with E-state index in [2.05, 4.69) is 11.8 Å². The molecule has 0 aromatic rings. The third-order valence-corrected chi connectivity index (χ3v) is 4.92. The Morgan fingerprint density at radius 2 is 2.00 bits per heavy atom. The van der Waals surface area contributed by atoms with E-state index in [1.165, 1.54) is 45.2 Å². The van der Waals surface area contributed by atoms with Gasteiger partial charge in [0.25, 0.3) is 0 Å². The van der Waals surface area contributed by atoms with E-state index in [-0.39, 0.29) is 0 Å². The Bertz CT molecular complexity index is 226. The fraction of sp³-hybridized carbons (Fsp3) is 1.00. The van der Waals surface area contributed by atoms with Crippen LogP contribution in [0.1, 0.15) is 39.0 Å². The number of likely N-dealkylation sites (tertiary alicyclic amines) is 1. The van der Waals surface area contributed by atoms with Gasteiger partial charge in [-0.1, -0.05) is 13.3 Å². The van der Waals surface area contributed by atoms with Crippen LogP contribution in [0.25, 0.3) is 0 Å². The number of methoxy groups -OCH3 is 1. The summed E-state index contributed by atoms with van der Waals surface area (Å²) in [5.41, 5.74) is 6.39. The lowest BCUT2D eigenvalue weighted by atomic mass is 9.84. The van der Waals surface area contributed by atoms with Crippen molar-refractivity contribution in [2.24, 2.45) is 11.7 Å². The summed E-state index contributed by atoms with van der Waals surface area (Å²) in [4.78, 5) is 2.65. The third kappa shape index (κ3) is 2.01. The molecule has 1 saturated carbocycles.